The van der Waals surface area contributed by atoms with Gasteiger partial charge in [0.2, 0.25) is 5.91 Å². The highest BCUT2D eigenvalue weighted by Crippen LogP contribution is 2.30. The molecule has 126 valence electrons. The quantitative estimate of drug-likeness (QED) is 0.792. The fourth-order valence-electron chi connectivity index (χ4n) is 2.67. The van der Waals surface area contributed by atoms with Gasteiger partial charge in [0.15, 0.2) is 0 Å². The van der Waals surface area contributed by atoms with Gasteiger partial charge in [0, 0.05) is 6.54 Å². The molecule has 0 aromatic heterocycles. The van der Waals surface area contributed by atoms with Gasteiger partial charge in [-0.25, -0.2) is 0 Å². The maximum Gasteiger partial charge on any atom is 0.320 e. The number of para-hydroxylation sites is 1. The van der Waals surface area contributed by atoms with Crippen molar-refractivity contribution in [2.45, 2.75) is 38.8 Å². The van der Waals surface area contributed by atoms with E-state index in [1.807, 2.05) is 39.0 Å². The van der Waals surface area contributed by atoms with Crippen LogP contribution in [0.2, 0.25) is 5.02 Å². The number of hydrogen-bond acceptors (Lipinski definition) is 4. The average Bonchev–Trinajstić information content (AvgIpc) is 2.79. The molecule has 1 aliphatic rings. The number of benzene rings is 1. The molecule has 1 amide bonds. The van der Waals surface area contributed by atoms with Crippen molar-refractivity contribution in [3.63, 3.8) is 0 Å². The maximum absolute atomic E-state index is 12.6. The van der Waals surface area contributed by atoms with E-state index in [1.165, 1.54) is 0 Å². The lowest BCUT2D eigenvalue weighted by Crippen LogP contribution is -2.43. The second-order valence-corrected chi connectivity index (χ2v) is 7.15. The van der Waals surface area contributed by atoms with Crippen LogP contribution in [0.5, 0.6) is 0 Å². The first-order valence-electron chi connectivity index (χ1n) is 7.67. The van der Waals surface area contributed by atoms with Crippen molar-refractivity contribution in [2.75, 3.05) is 25.0 Å². The first-order chi connectivity index (χ1) is 10.7. The minimum absolute atomic E-state index is 0.0378. The zero-order chi connectivity index (χ0) is 17.2. The molecule has 1 atom stereocenters. The van der Waals surface area contributed by atoms with Crippen LogP contribution in [-0.4, -0.2) is 48.6 Å². The Balaban J connectivity index is 2.01. The largest absolute Gasteiger partial charge is 0.459 e. The van der Waals surface area contributed by atoms with Crippen molar-refractivity contribution < 1.29 is 14.3 Å². The molecule has 1 heterocycles. The Hall–Kier alpha value is -1.59. The predicted octanol–water partition coefficient (Wildman–Crippen LogP) is 2.72. The molecule has 1 saturated heterocycles. The minimum Gasteiger partial charge on any atom is -0.459 e. The fraction of sp³-hybridized carbons (Fsp3) is 0.529. The van der Waals surface area contributed by atoms with E-state index in [1.54, 1.807) is 22.9 Å². The Bertz CT molecular complexity index is 598. The molecule has 23 heavy (non-hydrogen) atoms. The van der Waals surface area contributed by atoms with E-state index in [2.05, 4.69) is 0 Å². The van der Waals surface area contributed by atoms with Gasteiger partial charge in [0.05, 0.1) is 23.3 Å². The number of carbonyl (C=O) groups excluding carboxylic acids is 2. The molecule has 1 aliphatic heterocycles. The number of ether oxygens (including phenoxy) is 1. The number of nitrogens with zero attached hydrogens (tertiary/aromatic N) is 2. The molecule has 0 saturated carbocycles. The van der Waals surface area contributed by atoms with Crippen LogP contribution in [0.4, 0.5) is 5.69 Å². The lowest BCUT2D eigenvalue weighted by atomic mass is 10.2. The van der Waals surface area contributed by atoms with E-state index in [0.717, 1.165) is 0 Å². The number of halogens is 1. The van der Waals surface area contributed by atoms with E-state index < -0.39 is 5.60 Å². The summed E-state index contributed by atoms with van der Waals surface area (Å²) in [5.41, 5.74) is 0.189. The third kappa shape index (κ3) is 4.45. The van der Waals surface area contributed by atoms with Crippen molar-refractivity contribution in [1.82, 2.24) is 4.90 Å². The Labute approximate surface area is 142 Å². The van der Waals surface area contributed by atoms with Gasteiger partial charge in [0.1, 0.15) is 5.60 Å². The highest BCUT2D eigenvalue weighted by molar-refractivity contribution is 6.33. The molecule has 1 aromatic rings. The van der Waals surface area contributed by atoms with Crippen LogP contribution in [0.1, 0.15) is 27.2 Å². The number of amides is 1. The standard InChI is InChI=1S/C17H23ClN2O3/c1-17(2,3)23-15(21)11-19(4)14-9-10-20(16(14)22)13-8-6-5-7-12(13)18/h5-8,14H,9-11H2,1-4H3. The molecular weight excluding hydrogens is 316 g/mol. The zero-order valence-corrected chi connectivity index (χ0v) is 14.8. The monoisotopic (exact) mass is 338 g/mol. The summed E-state index contributed by atoms with van der Waals surface area (Å²) in [6.07, 6.45) is 0.656. The lowest BCUT2D eigenvalue weighted by Gasteiger charge is -2.25. The highest BCUT2D eigenvalue weighted by atomic mass is 35.5. The summed E-state index contributed by atoms with van der Waals surface area (Å²) in [6, 6.07) is 6.95. The summed E-state index contributed by atoms with van der Waals surface area (Å²) >= 11 is 6.17. The third-order valence-electron chi connectivity index (χ3n) is 3.65. The zero-order valence-electron chi connectivity index (χ0n) is 14.0. The van der Waals surface area contributed by atoms with Crippen LogP contribution in [0, 0.1) is 0 Å². The van der Waals surface area contributed by atoms with Crippen molar-refractivity contribution in [1.29, 1.82) is 0 Å². The highest BCUT2D eigenvalue weighted by Gasteiger charge is 2.36. The normalized spacial score (nSPS) is 18.6. The van der Waals surface area contributed by atoms with Gasteiger partial charge in [-0.05, 0) is 46.4 Å². The van der Waals surface area contributed by atoms with Crippen molar-refractivity contribution in [3.05, 3.63) is 29.3 Å². The first-order valence-corrected chi connectivity index (χ1v) is 8.05. The van der Waals surface area contributed by atoms with Crippen LogP contribution in [0.3, 0.4) is 0 Å². The van der Waals surface area contributed by atoms with Crippen LogP contribution < -0.4 is 4.90 Å². The summed E-state index contributed by atoms with van der Waals surface area (Å²) in [5.74, 6) is -0.367. The van der Waals surface area contributed by atoms with Crippen molar-refractivity contribution in [3.8, 4) is 0 Å². The van der Waals surface area contributed by atoms with E-state index in [9.17, 15) is 9.59 Å². The second-order valence-electron chi connectivity index (χ2n) is 6.75. The molecule has 0 radical (unpaired) electrons. The first kappa shape index (κ1) is 17.8. The Morgan fingerprint density at radius 1 is 1.39 bits per heavy atom. The number of rotatable bonds is 4. The van der Waals surface area contributed by atoms with Crippen LogP contribution in [0.15, 0.2) is 24.3 Å². The minimum atomic E-state index is -0.527. The topological polar surface area (TPSA) is 49.9 Å². The van der Waals surface area contributed by atoms with Crippen molar-refractivity contribution >= 4 is 29.2 Å². The number of esters is 1. The van der Waals surface area contributed by atoms with Crippen molar-refractivity contribution in [2.24, 2.45) is 0 Å². The van der Waals surface area contributed by atoms with Gasteiger partial charge in [-0.2, -0.15) is 0 Å². The molecule has 1 aromatic carbocycles. The second kappa shape index (κ2) is 6.89. The molecule has 5 nitrogen and oxygen atoms in total. The SMILES string of the molecule is CN(CC(=O)OC(C)(C)C)C1CCN(c2ccccc2Cl)C1=O. The molecule has 1 fully saturated rings. The molecule has 0 N–H and O–H groups in total. The molecular formula is C17H23ClN2O3. The van der Waals surface area contributed by atoms with Gasteiger partial charge in [-0.15, -0.1) is 0 Å². The third-order valence-corrected chi connectivity index (χ3v) is 3.97. The molecule has 0 bridgehead atoms. The lowest BCUT2D eigenvalue weighted by molar-refractivity contribution is -0.156. The number of carbonyl (C=O) groups is 2. The van der Waals surface area contributed by atoms with E-state index in [-0.39, 0.29) is 24.5 Å². The average molecular weight is 339 g/mol. The van der Waals surface area contributed by atoms with E-state index >= 15 is 0 Å². The Kier molecular flexibility index (Phi) is 5.32. The predicted molar refractivity (Wildman–Crippen MR) is 90.7 cm³/mol. The molecule has 6 heteroatoms. The molecule has 0 aliphatic carbocycles. The van der Waals surface area contributed by atoms with E-state index in [0.29, 0.717) is 23.7 Å². The fourth-order valence-corrected chi connectivity index (χ4v) is 2.91. The summed E-state index contributed by atoms with van der Waals surface area (Å²) < 4.78 is 5.31. The smallest absolute Gasteiger partial charge is 0.320 e. The molecule has 1 unspecified atom stereocenters. The van der Waals surface area contributed by atoms with Gasteiger partial charge in [0.25, 0.3) is 0 Å². The van der Waals surface area contributed by atoms with Crippen LogP contribution in [0.25, 0.3) is 0 Å². The van der Waals surface area contributed by atoms with Gasteiger partial charge in [-0.3, -0.25) is 14.5 Å². The van der Waals surface area contributed by atoms with Gasteiger partial charge >= 0.3 is 5.97 Å². The Morgan fingerprint density at radius 2 is 2.04 bits per heavy atom. The Morgan fingerprint density at radius 3 is 2.65 bits per heavy atom. The van der Waals surface area contributed by atoms with Gasteiger partial charge < -0.3 is 9.64 Å². The van der Waals surface area contributed by atoms with Gasteiger partial charge in [-0.1, -0.05) is 23.7 Å². The number of hydrogen-bond donors (Lipinski definition) is 0. The summed E-state index contributed by atoms with van der Waals surface area (Å²) in [4.78, 5) is 28.0. The molecule has 0 spiro atoms. The van der Waals surface area contributed by atoms with Crippen LogP contribution in [-0.2, 0) is 14.3 Å². The number of likely N-dealkylation sites (N-methyl/N-ethyl adjacent to an activating group) is 1. The summed E-state index contributed by atoms with van der Waals surface area (Å²) in [5, 5.41) is 0.552. The summed E-state index contributed by atoms with van der Waals surface area (Å²) in [7, 11) is 1.77. The maximum atomic E-state index is 12.6. The van der Waals surface area contributed by atoms with E-state index in [4.69, 9.17) is 16.3 Å². The van der Waals surface area contributed by atoms with Crippen LogP contribution >= 0.6 is 11.6 Å². The molecule has 2 rings (SSSR count). The summed E-state index contributed by atoms with van der Waals surface area (Å²) in [6.45, 7) is 6.15. The number of anilines is 1.